The Bertz CT molecular complexity index is 385. The molecule has 0 aliphatic carbocycles. The van der Waals surface area contributed by atoms with E-state index >= 15 is 0 Å². The van der Waals surface area contributed by atoms with Gasteiger partial charge in [0.2, 0.25) is 5.82 Å². The highest BCUT2D eigenvalue weighted by Crippen LogP contribution is 2.35. The standard InChI is InChI=1S/C10H13F2NO3/c1-13-4-7(14)5-3-6(11)10(16-2)8(12)9(5)15/h3,7,13-15H,4H2,1-2H3. The zero-order valence-corrected chi connectivity index (χ0v) is 8.92. The summed E-state index contributed by atoms with van der Waals surface area (Å²) in [4.78, 5) is 0. The van der Waals surface area contributed by atoms with E-state index < -0.39 is 29.2 Å². The number of rotatable bonds is 4. The normalized spacial score (nSPS) is 12.6. The van der Waals surface area contributed by atoms with E-state index in [9.17, 15) is 19.0 Å². The Kier molecular flexibility index (Phi) is 4.03. The molecule has 0 saturated heterocycles. The summed E-state index contributed by atoms with van der Waals surface area (Å²) in [7, 11) is 2.65. The molecule has 1 aromatic carbocycles. The van der Waals surface area contributed by atoms with Gasteiger partial charge in [0.15, 0.2) is 17.3 Å². The second-order valence-corrected chi connectivity index (χ2v) is 3.22. The maximum atomic E-state index is 13.4. The van der Waals surface area contributed by atoms with Crippen LogP contribution in [-0.4, -0.2) is 30.9 Å². The number of aliphatic hydroxyl groups is 1. The molecule has 0 amide bonds. The molecule has 6 heteroatoms. The van der Waals surface area contributed by atoms with Gasteiger partial charge in [-0.3, -0.25) is 0 Å². The van der Waals surface area contributed by atoms with Crippen LogP contribution in [0.1, 0.15) is 11.7 Å². The molecule has 1 unspecified atom stereocenters. The SMILES string of the molecule is CNCC(O)c1cc(F)c(OC)c(F)c1O. The van der Waals surface area contributed by atoms with Crippen molar-refractivity contribution in [2.24, 2.45) is 0 Å². The van der Waals surface area contributed by atoms with Crippen LogP contribution < -0.4 is 10.1 Å². The van der Waals surface area contributed by atoms with Gasteiger partial charge in [0.25, 0.3) is 0 Å². The Morgan fingerprint density at radius 3 is 2.62 bits per heavy atom. The van der Waals surface area contributed by atoms with Gasteiger partial charge in [0.1, 0.15) is 0 Å². The zero-order chi connectivity index (χ0) is 12.3. The minimum Gasteiger partial charge on any atom is -0.504 e. The fourth-order valence-electron chi connectivity index (χ4n) is 1.35. The fraction of sp³-hybridized carbons (Fsp3) is 0.400. The van der Waals surface area contributed by atoms with E-state index in [2.05, 4.69) is 10.1 Å². The number of benzene rings is 1. The van der Waals surface area contributed by atoms with Gasteiger partial charge in [-0.25, -0.2) is 4.39 Å². The highest BCUT2D eigenvalue weighted by atomic mass is 19.1. The van der Waals surface area contributed by atoms with Crippen molar-refractivity contribution in [3.05, 3.63) is 23.3 Å². The lowest BCUT2D eigenvalue weighted by Gasteiger charge is -2.14. The number of aromatic hydroxyl groups is 1. The van der Waals surface area contributed by atoms with Crippen LogP contribution in [0.5, 0.6) is 11.5 Å². The number of halogens is 2. The first-order chi connectivity index (χ1) is 7.52. The molecule has 0 aliphatic heterocycles. The topological polar surface area (TPSA) is 61.7 Å². The van der Waals surface area contributed by atoms with Crippen molar-refractivity contribution >= 4 is 0 Å². The summed E-state index contributed by atoms with van der Waals surface area (Å²) in [5.41, 5.74) is -0.217. The second-order valence-electron chi connectivity index (χ2n) is 3.22. The monoisotopic (exact) mass is 233 g/mol. The van der Waals surface area contributed by atoms with Crippen LogP contribution in [0.3, 0.4) is 0 Å². The van der Waals surface area contributed by atoms with Gasteiger partial charge >= 0.3 is 0 Å². The Labute approximate surface area is 91.5 Å². The second kappa shape index (κ2) is 5.09. The smallest absolute Gasteiger partial charge is 0.210 e. The molecule has 1 rings (SSSR count). The number of hydrogen-bond donors (Lipinski definition) is 3. The van der Waals surface area contributed by atoms with Crippen molar-refractivity contribution < 1.29 is 23.7 Å². The summed E-state index contributed by atoms with van der Waals surface area (Å²) in [5, 5.41) is 21.6. The van der Waals surface area contributed by atoms with E-state index in [1.807, 2.05) is 0 Å². The molecule has 1 atom stereocenters. The zero-order valence-electron chi connectivity index (χ0n) is 8.92. The van der Waals surface area contributed by atoms with Gasteiger partial charge in [-0.05, 0) is 13.1 Å². The maximum absolute atomic E-state index is 13.4. The molecule has 0 radical (unpaired) electrons. The van der Waals surface area contributed by atoms with E-state index in [0.29, 0.717) is 0 Å². The van der Waals surface area contributed by atoms with E-state index in [-0.39, 0.29) is 12.1 Å². The first kappa shape index (κ1) is 12.7. The average molecular weight is 233 g/mol. The third-order valence-electron chi connectivity index (χ3n) is 2.14. The van der Waals surface area contributed by atoms with Crippen molar-refractivity contribution in [1.82, 2.24) is 5.32 Å². The third-order valence-corrected chi connectivity index (χ3v) is 2.14. The number of ether oxygens (including phenoxy) is 1. The first-order valence-electron chi connectivity index (χ1n) is 4.60. The molecular weight excluding hydrogens is 220 g/mol. The number of hydrogen-bond acceptors (Lipinski definition) is 4. The molecule has 90 valence electrons. The van der Waals surface area contributed by atoms with Crippen molar-refractivity contribution in [2.75, 3.05) is 20.7 Å². The van der Waals surface area contributed by atoms with Crippen LogP contribution in [0.25, 0.3) is 0 Å². The van der Waals surface area contributed by atoms with Crippen molar-refractivity contribution in [1.29, 1.82) is 0 Å². The van der Waals surface area contributed by atoms with Gasteiger partial charge in [0.05, 0.1) is 13.2 Å². The predicted octanol–water partition coefficient (Wildman–Crippen LogP) is 0.932. The Balaban J connectivity index is 3.22. The molecule has 4 nitrogen and oxygen atoms in total. The Morgan fingerprint density at radius 2 is 2.12 bits per heavy atom. The largest absolute Gasteiger partial charge is 0.504 e. The quantitative estimate of drug-likeness (QED) is 0.724. The van der Waals surface area contributed by atoms with Gasteiger partial charge in [-0.15, -0.1) is 0 Å². The van der Waals surface area contributed by atoms with Crippen molar-refractivity contribution in [3.63, 3.8) is 0 Å². The van der Waals surface area contributed by atoms with E-state index in [1.54, 1.807) is 7.05 Å². The molecule has 1 aromatic rings. The molecule has 0 bridgehead atoms. The molecule has 0 aliphatic rings. The average Bonchev–Trinajstić information content (AvgIpc) is 2.24. The van der Waals surface area contributed by atoms with Crippen LogP contribution in [0.15, 0.2) is 6.07 Å². The number of methoxy groups -OCH3 is 1. The summed E-state index contributed by atoms with van der Waals surface area (Å²) in [6.07, 6.45) is -1.19. The summed E-state index contributed by atoms with van der Waals surface area (Å²) in [5.74, 6) is -3.66. The predicted molar refractivity (Wildman–Crippen MR) is 53.5 cm³/mol. The first-order valence-corrected chi connectivity index (χ1v) is 4.60. The summed E-state index contributed by atoms with van der Waals surface area (Å²) in [6, 6.07) is 0.846. The number of phenols is 1. The van der Waals surface area contributed by atoms with Crippen molar-refractivity contribution in [2.45, 2.75) is 6.10 Å². The van der Waals surface area contributed by atoms with Gasteiger partial charge < -0.3 is 20.3 Å². The van der Waals surface area contributed by atoms with Gasteiger partial charge in [0, 0.05) is 12.1 Å². The molecule has 16 heavy (non-hydrogen) atoms. The Hall–Kier alpha value is -1.40. The third kappa shape index (κ3) is 2.23. The van der Waals surface area contributed by atoms with E-state index in [1.165, 1.54) is 0 Å². The van der Waals surface area contributed by atoms with Crippen LogP contribution in [0.4, 0.5) is 8.78 Å². The minimum atomic E-state index is -1.22. The molecule has 3 N–H and O–H groups in total. The molecule has 0 saturated carbocycles. The summed E-state index contributed by atoms with van der Waals surface area (Å²) in [6.45, 7) is 0.0682. The van der Waals surface area contributed by atoms with Crippen LogP contribution in [0, 0.1) is 11.6 Å². The van der Waals surface area contributed by atoms with Crippen LogP contribution in [0.2, 0.25) is 0 Å². The fourth-order valence-corrected chi connectivity index (χ4v) is 1.35. The number of phenolic OH excluding ortho intramolecular Hbond substituents is 1. The molecule has 0 aromatic heterocycles. The van der Waals surface area contributed by atoms with Gasteiger partial charge in [-0.1, -0.05) is 0 Å². The molecule has 0 spiro atoms. The lowest BCUT2D eigenvalue weighted by molar-refractivity contribution is 0.171. The van der Waals surface area contributed by atoms with E-state index in [0.717, 1.165) is 13.2 Å². The summed E-state index contributed by atoms with van der Waals surface area (Å²) < 4.78 is 31.1. The summed E-state index contributed by atoms with van der Waals surface area (Å²) >= 11 is 0. The number of likely N-dealkylation sites (N-methyl/N-ethyl adjacent to an activating group) is 1. The number of aliphatic hydroxyl groups excluding tert-OH is 1. The highest BCUT2D eigenvalue weighted by Gasteiger charge is 2.22. The molecule has 0 heterocycles. The lowest BCUT2D eigenvalue weighted by Crippen LogP contribution is -2.17. The molecular formula is C10H13F2NO3. The Morgan fingerprint density at radius 1 is 1.50 bits per heavy atom. The van der Waals surface area contributed by atoms with E-state index in [4.69, 9.17) is 0 Å². The van der Waals surface area contributed by atoms with Crippen LogP contribution >= 0.6 is 0 Å². The minimum absolute atomic E-state index is 0.0682. The van der Waals surface area contributed by atoms with Crippen LogP contribution in [-0.2, 0) is 0 Å². The number of nitrogens with one attached hydrogen (secondary N) is 1. The highest BCUT2D eigenvalue weighted by molar-refractivity contribution is 5.44. The molecule has 0 fully saturated rings. The lowest BCUT2D eigenvalue weighted by atomic mass is 10.1. The van der Waals surface area contributed by atoms with Gasteiger partial charge in [-0.2, -0.15) is 4.39 Å². The van der Waals surface area contributed by atoms with Crippen molar-refractivity contribution in [3.8, 4) is 11.5 Å². The maximum Gasteiger partial charge on any atom is 0.210 e.